The van der Waals surface area contributed by atoms with Crippen LogP contribution in [0.5, 0.6) is 0 Å². The molecule has 3 aliphatic rings. The second-order valence-electron chi connectivity index (χ2n) is 10.2. The van der Waals surface area contributed by atoms with Gasteiger partial charge in [-0.15, -0.1) is 11.3 Å². The molecule has 5 heterocycles. The van der Waals surface area contributed by atoms with Crippen molar-refractivity contribution in [1.29, 1.82) is 0 Å². The molecule has 0 saturated carbocycles. The van der Waals surface area contributed by atoms with Gasteiger partial charge in [-0.05, 0) is 50.0 Å². The van der Waals surface area contributed by atoms with E-state index in [0.29, 0.717) is 5.41 Å². The van der Waals surface area contributed by atoms with Crippen LogP contribution in [0.15, 0.2) is 12.4 Å². The molecule has 6 heteroatoms. The predicted octanol–water partition coefficient (Wildman–Crippen LogP) is 4.61. The van der Waals surface area contributed by atoms with Crippen LogP contribution in [0, 0.1) is 17.3 Å². The first kappa shape index (κ1) is 20.7. The summed E-state index contributed by atoms with van der Waals surface area (Å²) in [6.45, 7) is 13.7. The molecule has 30 heavy (non-hydrogen) atoms. The maximum atomic E-state index is 5.65. The number of likely N-dealkylation sites (tertiary alicyclic amines) is 1. The molecule has 0 amide bonds. The molecule has 0 aromatic carbocycles. The Morgan fingerprint density at radius 1 is 1.20 bits per heavy atom. The summed E-state index contributed by atoms with van der Waals surface area (Å²) in [6.07, 6.45) is 7.93. The number of anilines is 1. The molecule has 1 spiro atoms. The summed E-state index contributed by atoms with van der Waals surface area (Å²) in [5.74, 6) is 2.74. The molecule has 2 aromatic rings. The highest BCUT2D eigenvalue weighted by atomic mass is 32.1. The first-order valence-corrected chi connectivity index (χ1v) is 12.7. The number of ether oxygens (including phenoxy) is 1. The standard InChI is InChI=1S/C24H36N4OS/c1-4-19-12-20-22(25-16-26-23(20)30-19)27-8-7-24(13-27)14-28(15-24)21(11-17(2)3)18-5-9-29-10-6-18/h12,16-18,21H,4-11,13-15H2,1-3H3/t21-/m0/s1. The van der Waals surface area contributed by atoms with Crippen molar-refractivity contribution in [2.24, 2.45) is 17.3 Å². The van der Waals surface area contributed by atoms with Gasteiger partial charge in [0.1, 0.15) is 17.0 Å². The summed E-state index contributed by atoms with van der Waals surface area (Å²) >= 11 is 1.82. The summed E-state index contributed by atoms with van der Waals surface area (Å²) in [5, 5.41) is 1.26. The Kier molecular flexibility index (Phi) is 5.76. The van der Waals surface area contributed by atoms with Crippen molar-refractivity contribution in [2.45, 2.75) is 58.9 Å². The molecule has 3 saturated heterocycles. The third kappa shape index (κ3) is 3.87. The Bertz CT molecular complexity index is 869. The normalized spacial score (nSPS) is 23.5. The van der Waals surface area contributed by atoms with E-state index in [1.807, 2.05) is 11.3 Å². The summed E-state index contributed by atoms with van der Waals surface area (Å²) in [4.78, 5) is 17.2. The van der Waals surface area contributed by atoms with Crippen molar-refractivity contribution >= 4 is 27.4 Å². The second kappa shape index (κ2) is 8.36. The van der Waals surface area contributed by atoms with Gasteiger partial charge in [0, 0.05) is 55.7 Å². The molecule has 0 aliphatic carbocycles. The maximum absolute atomic E-state index is 5.65. The summed E-state index contributed by atoms with van der Waals surface area (Å²) in [6, 6.07) is 3.06. The van der Waals surface area contributed by atoms with Crippen LogP contribution in [0.1, 0.15) is 51.3 Å². The number of thiophene rings is 1. The number of rotatable bonds is 6. The van der Waals surface area contributed by atoms with Gasteiger partial charge in [-0.25, -0.2) is 9.97 Å². The van der Waals surface area contributed by atoms with E-state index in [1.54, 1.807) is 6.33 Å². The smallest absolute Gasteiger partial charge is 0.140 e. The van der Waals surface area contributed by atoms with Gasteiger partial charge in [0.05, 0.1) is 5.39 Å². The third-order valence-electron chi connectivity index (χ3n) is 7.51. The Morgan fingerprint density at radius 3 is 2.73 bits per heavy atom. The molecule has 0 radical (unpaired) electrons. The van der Waals surface area contributed by atoms with E-state index in [2.05, 4.69) is 41.6 Å². The van der Waals surface area contributed by atoms with Crippen LogP contribution in [0.25, 0.3) is 10.2 Å². The molecular weight excluding hydrogens is 392 g/mol. The van der Waals surface area contributed by atoms with Crippen LogP contribution in [0.2, 0.25) is 0 Å². The number of aromatic nitrogens is 2. The molecule has 2 aromatic heterocycles. The number of hydrogen-bond acceptors (Lipinski definition) is 6. The summed E-state index contributed by atoms with van der Waals surface area (Å²) in [7, 11) is 0. The molecule has 3 fully saturated rings. The third-order valence-corrected chi connectivity index (χ3v) is 8.70. The minimum absolute atomic E-state index is 0.460. The lowest BCUT2D eigenvalue weighted by Gasteiger charge is -2.54. The van der Waals surface area contributed by atoms with E-state index < -0.39 is 0 Å². The molecule has 5 rings (SSSR count). The van der Waals surface area contributed by atoms with Gasteiger partial charge >= 0.3 is 0 Å². The zero-order valence-electron chi connectivity index (χ0n) is 18.8. The molecule has 0 unspecified atom stereocenters. The van der Waals surface area contributed by atoms with Crippen LogP contribution < -0.4 is 4.90 Å². The fourth-order valence-electron chi connectivity index (χ4n) is 5.97. The van der Waals surface area contributed by atoms with Crippen molar-refractivity contribution in [3.63, 3.8) is 0 Å². The molecule has 1 atom stereocenters. The van der Waals surface area contributed by atoms with Crippen LogP contribution in [-0.4, -0.2) is 60.3 Å². The Morgan fingerprint density at radius 2 is 2.00 bits per heavy atom. The average molecular weight is 429 g/mol. The predicted molar refractivity (Wildman–Crippen MR) is 124 cm³/mol. The van der Waals surface area contributed by atoms with Crippen molar-refractivity contribution in [2.75, 3.05) is 44.3 Å². The highest BCUT2D eigenvalue weighted by molar-refractivity contribution is 7.18. The van der Waals surface area contributed by atoms with Gasteiger partial charge in [0.15, 0.2) is 0 Å². The lowest BCUT2D eigenvalue weighted by atomic mass is 9.74. The fourth-order valence-corrected chi connectivity index (χ4v) is 6.90. The molecule has 0 N–H and O–H groups in total. The lowest BCUT2D eigenvalue weighted by molar-refractivity contribution is -0.0615. The lowest BCUT2D eigenvalue weighted by Crippen LogP contribution is -2.62. The number of nitrogens with zero attached hydrogens (tertiary/aromatic N) is 4. The first-order chi connectivity index (χ1) is 14.6. The highest BCUT2D eigenvalue weighted by Crippen LogP contribution is 2.45. The number of aryl methyl sites for hydroxylation is 1. The molecular formula is C24H36N4OS. The highest BCUT2D eigenvalue weighted by Gasteiger charge is 2.50. The topological polar surface area (TPSA) is 41.5 Å². The van der Waals surface area contributed by atoms with Gasteiger partial charge < -0.3 is 9.64 Å². The zero-order chi connectivity index (χ0) is 20.7. The van der Waals surface area contributed by atoms with Crippen LogP contribution in [0.4, 0.5) is 5.82 Å². The van der Waals surface area contributed by atoms with E-state index in [1.165, 1.54) is 49.0 Å². The maximum Gasteiger partial charge on any atom is 0.140 e. The molecule has 164 valence electrons. The number of fused-ring (bicyclic) bond motifs is 1. The fraction of sp³-hybridized carbons (Fsp3) is 0.750. The van der Waals surface area contributed by atoms with Crippen molar-refractivity contribution in [1.82, 2.24) is 14.9 Å². The molecule has 3 aliphatic heterocycles. The van der Waals surface area contributed by atoms with Crippen LogP contribution >= 0.6 is 11.3 Å². The summed E-state index contributed by atoms with van der Waals surface area (Å²) < 4.78 is 5.65. The quantitative estimate of drug-likeness (QED) is 0.672. The minimum Gasteiger partial charge on any atom is -0.381 e. The SMILES string of the molecule is CCc1cc2c(N3CCC4(C3)CN([C@@H](CC(C)C)C3CCOCC3)C4)ncnc2s1. The first-order valence-electron chi connectivity index (χ1n) is 11.9. The summed E-state index contributed by atoms with van der Waals surface area (Å²) in [5.41, 5.74) is 0.460. The van der Waals surface area contributed by atoms with Gasteiger partial charge in [-0.2, -0.15) is 0 Å². The molecule has 0 bridgehead atoms. The Labute approximate surface area is 184 Å². The van der Waals surface area contributed by atoms with E-state index in [0.717, 1.165) is 61.3 Å². The van der Waals surface area contributed by atoms with Crippen molar-refractivity contribution < 1.29 is 4.74 Å². The van der Waals surface area contributed by atoms with E-state index >= 15 is 0 Å². The Balaban J connectivity index is 1.28. The molecule has 5 nitrogen and oxygen atoms in total. The minimum atomic E-state index is 0.460. The van der Waals surface area contributed by atoms with E-state index in [9.17, 15) is 0 Å². The van der Waals surface area contributed by atoms with Gasteiger partial charge in [-0.1, -0.05) is 20.8 Å². The second-order valence-corrected chi connectivity index (χ2v) is 11.3. The van der Waals surface area contributed by atoms with E-state index in [-0.39, 0.29) is 0 Å². The van der Waals surface area contributed by atoms with Gasteiger partial charge in [-0.3, -0.25) is 4.90 Å². The van der Waals surface area contributed by atoms with Crippen LogP contribution in [-0.2, 0) is 11.2 Å². The van der Waals surface area contributed by atoms with Crippen molar-refractivity contribution in [3.8, 4) is 0 Å². The average Bonchev–Trinajstić information content (AvgIpc) is 3.36. The van der Waals surface area contributed by atoms with Gasteiger partial charge in [0.25, 0.3) is 0 Å². The Hall–Kier alpha value is -1.24. The largest absolute Gasteiger partial charge is 0.381 e. The van der Waals surface area contributed by atoms with Crippen molar-refractivity contribution in [3.05, 3.63) is 17.3 Å². The number of hydrogen-bond donors (Lipinski definition) is 0. The zero-order valence-corrected chi connectivity index (χ0v) is 19.6. The van der Waals surface area contributed by atoms with E-state index in [4.69, 9.17) is 9.72 Å². The monoisotopic (exact) mass is 428 g/mol. The van der Waals surface area contributed by atoms with Gasteiger partial charge in [0.2, 0.25) is 0 Å². The van der Waals surface area contributed by atoms with Crippen LogP contribution in [0.3, 0.4) is 0 Å².